The van der Waals surface area contributed by atoms with Crippen LogP contribution in [0.2, 0.25) is 0 Å². The van der Waals surface area contributed by atoms with Crippen molar-refractivity contribution in [3.63, 3.8) is 0 Å². The molecule has 0 saturated heterocycles. The maximum Gasteiger partial charge on any atom is 0.324 e. The summed E-state index contributed by atoms with van der Waals surface area (Å²) in [5.41, 5.74) is 0.283. The van der Waals surface area contributed by atoms with Crippen molar-refractivity contribution in [2.75, 3.05) is 0 Å². The van der Waals surface area contributed by atoms with Crippen LogP contribution in [0.15, 0.2) is 36.4 Å². The fourth-order valence-corrected chi connectivity index (χ4v) is 14.9. The Kier molecular flexibility index (Phi) is 23.8. The SMILES string of the molecule is O=C(NC1CCCCC1)N(C(=O)c1cccc(C(=O)N(C(=O)NC2CCCCC2)C2CCCCC2)n1)C1CCCCC1.O=C(NC1CCCCC1)N(C(=O)c1cccc(C(=O)N(C(=O)NC2CCCCC2)C2CCCCC2)n1)C1CCCCC1. The Morgan fingerprint density at radius 2 is 0.429 bits per heavy atom. The van der Waals surface area contributed by atoms with Gasteiger partial charge >= 0.3 is 24.1 Å². The van der Waals surface area contributed by atoms with Crippen molar-refractivity contribution in [2.45, 2.75) is 305 Å². The molecule has 4 N–H and O–H groups in total. The van der Waals surface area contributed by atoms with Gasteiger partial charge in [0.15, 0.2) is 0 Å². The maximum absolute atomic E-state index is 14.0. The molecule has 18 nitrogen and oxygen atoms in total. The van der Waals surface area contributed by atoms with Crippen LogP contribution in [0.5, 0.6) is 0 Å². The summed E-state index contributed by atoms with van der Waals surface area (Å²) in [7, 11) is 0. The molecule has 460 valence electrons. The molecule has 8 saturated carbocycles. The Bertz CT molecular complexity index is 2180. The molecule has 0 aliphatic heterocycles. The Balaban J connectivity index is 0.000000202. The molecule has 12 amide bonds. The van der Waals surface area contributed by atoms with Crippen molar-refractivity contribution in [1.82, 2.24) is 50.8 Å². The summed E-state index contributed by atoms with van der Waals surface area (Å²) < 4.78 is 0. The van der Waals surface area contributed by atoms with E-state index in [0.29, 0.717) is 0 Å². The molecule has 8 aliphatic carbocycles. The van der Waals surface area contributed by atoms with E-state index in [4.69, 9.17) is 0 Å². The third-order valence-electron chi connectivity index (χ3n) is 19.6. The number of carbonyl (C=O) groups is 8. The Morgan fingerprint density at radius 1 is 0.262 bits per heavy atom. The lowest BCUT2D eigenvalue weighted by Crippen LogP contribution is -2.53. The lowest BCUT2D eigenvalue weighted by molar-refractivity contribution is 0.0670. The minimum Gasteiger partial charge on any atom is -0.335 e. The summed E-state index contributed by atoms with van der Waals surface area (Å²) in [6.07, 6.45) is 39.3. The van der Waals surface area contributed by atoms with E-state index >= 15 is 0 Å². The fourth-order valence-electron chi connectivity index (χ4n) is 14.9. The van der Waals surface area contributed by atoms with Gasteiger partial charge in [0.2, 0.25) is 0 Å². The monoisotopic (exact) mass is 1160 g/mol. The van der Waals surface area contributed by atoms with Crippen molar-refractivity contribution in [3.8, 4) is 0 Å². The van der Waals surface area contributed by atoms with Crippen LogP contribution in [0.1, 0.15) is 299 Å². The van der Waals surface area contributed by atoms with Crippen LogP contribution in [0.3, 0.4) is 0 Å². The number of pyridine rings is 2. The quantitative estimate of drug-likeness (QED) is 0.157. The van der Waals surface area contributed by atoms with Gasteiger partial charge in [-0.3, -0.25) is 38.8 Å². The molecule has 8 fully saturated rings. The van der Waals surface area contributed by atoms with Crippen LogP contribution >= 0.6 is 0 Å². The van der Waals surface area contributed by atoms with E-state index in [-0.39, 0.29) is 95.2 Å². The second-order valence-corrected chi connectivity index (χ2v) is 25.8. The van der Waals surface area contributed by atoms with E-state index in [0.717, 1.165) is 231 Å². The van der Waals surface area contributed by atoms with Crippen LogP contribution in [0, 0.1) is 0 Å². The van der Waals surface area contributed by atoms with Crippen LogP contribution < -0.4 is 21.3 Å². The van der Waals surface area contributed by atoms with Gasteiger partial charge in [-0.2, -0.15) is 0 Å². The van der Waals surface area contributed by atoms with Gasteiger partial charge in [-0.1, -0.05) is 166 Å². The van der Waals surface area contributed by atoms with E-state index in [1.807, 2.05) is 0 Å². The lowest BCUT2D eigenvalue weighted by atomic mass is 9.93. The summed E-state index contributed by atoms with van der Waals surface area (Å²) in [5, 5.41) is 12.5. The smallest absolute Gasteiger partial charge is 0.324 e. The van der Waals surface area contributed by atoms with E-state index in [1.165, 1.54) is 45.3 Å². The van der Waals surface area contributed by atoms with Gasteiger partial charge in [0.25, 0.3) is 23.6 Å². The number of hydrogen-bond acceptors (Lipinski definition) is 10. The first-order valence-corrected chi connectivity index (χ1v) is 33.5. The largest absolute Gasteiger partial charge is 0.335 e. The summed E-state index contributed by atoms with van der Waals surface area (Å²) in [4.78, 5) is 125. The second kappa shape index (κ2) is 32.0. The normalized spacial score (nSPS) is 21.3. The van der Waals surface area contributed by atoms with Crippen LogP contribution in [-0.4, -0.2) is 126 Å². The van der Waals surface area contributed by atoms with Gasteiger partial charge in [-0.25, -0.2) is 29.1 Å². The van der Waals surface area contributed by atoms with Gasteiger partial charge in [0.1, 0.15) is 22.8 Å². The predicted molar refractivity (Wildman–Crippen MR) is 322 cm³/mol. The molecular weight excluding hydrogens is 1060 g/mol. The Hall–Kier alpha value is -5.94. The number of hydrogen-bond donors (Lipinski definition) is 4. The average molecular weight is 1160 g/mol. The molecule has 0 aromatic carbocycles. The summed E-state index contributed by atoms with van der Waals surface area (Å²) in [6.45, 7) is 0. The van der Waals surface area contributed by atoms with Crippen LogP contribution in [-0.2, 0) is 0 Å². The standard InChI is InChI=1S/2C33H49N5O4/c2*39-30(37(26-18-9-3-10-19-26)32(41)34-24-14-5-1-6-15-24)28-22-13-23-29(36-28)31(40)38(27-20-11-4-12-21-27)33(42)35-25-16-7-2-8-17-25/h2*13,22-27H,1-12,14-21H2,(H,34,41)(H,35,42). The van der Waals surface area contributed by atoms with Crippen molar-refractivity contribution < 1.29 is 38.4 Å². The number of nitrogens with one attached hydrogen (secondary N) is 4. The van der Waals surface area contributed by atoms with Crippen molar-refractivity contribution in [3.05, 3.63) is 59.2 Å². The summed E-state index contributed by atoms with van der Waals surface area (Å²) in [5.74, 6) is -1.89. The number of imide groups is 4. The van der Waals surface area contributed by atoms with E-state index in [1.54, 1.807) is 36.4 Å². The van der Waals surface area contributed by atoms with E-state index < -0.39 is 23.6 Å². The van der Waals surface area contributed by atoms with Crippen molar-refractivity contribution >= 4 is 47.8 Å². The molecule has 10 rings (SSSR count). The topological polar surface area (TPSA) is 223 Å². The van der Waals surface area contributed by atoms with Crippen molar-refractivity contribution in [2.24, 2.45) is 0 Å². The fraction of sp³-hybridized carbons (Fsp3) is 0.727. The number of aromatic nitrogens is 2. The first kappa shape index (κ1) is 62.6. The zero-order valence-corrected chi connectivity index (χ0v) is 50.3. The number of amides is 12. The predicted octanol–water partition coefficient (Wildman–Crippen LogP) is 13.4. The summed E-state index contributed by atoms with van der Waals surface area (Å²) in [6, 6.07) is 7.78. The number of urea groups is 4. The van der Waals surface area contributed by atoms with E-state index in [2.05, 4.69) is 31.2 Å². The van der Waals surface area contributed by atoms with Gasteiger partial charge in [-0.05, 0) is 127 Å². The van der Waals surface area contributed by atoms with Gasteiger partial charge in [-0.15, -0.1) is 0 Å². The number of rotatable bonds is 12. The molecule has 2 heterocycles. The zero-order chi connectivity index (χ0) is 58.6. The molecule has 0 bridgehead atoms. The third-order valence-corrected chi connectivity index (χ3v) is 19.6. The minimum atomic E-state index is -0.472. The lowest BCUT2D eigenvalue weighted by Gasteiger charge is -2.35. The van der Waals surface area contributed by atoms with Crippen LogP contribution in [0.4, 0.5) is 19.2 Å². The zero-order valence-electron chi connectivity index (χ0n) is 50.3. The van der Waals surface area contributed by atoms with Crippen LogP contribution in [0.25, 0.3) is 0 Å². The minimum absolute atomic E-state index is 0.0708. The average Bonchev–Trinajstić information content (AvgIpc) is 3.57. The maximum atomic E-state index is 14.0. The molecule has 0 radical (unpaired) electrons. The first-order chi connectivity index (χ1) is 41.0. The highest BCUT2D eigenvalue weighted by atomic mass is 16.2. The molecule has 0 atom stereocenters. The van der Waals surface area contributed by atoms with Crippen molar-refractivity contribution in [1.29, 1.82) is 0 Å². The Morgan fingerprint density at radius 3 is 0.607 bits per heavy atom. The Labute approximate surface area is 499 Å². The third kappa shape index (κ3) is 17.2. The highest BCUT2D eigenvalue weighted by Gasteiger charge is 2.39. The second-order valence-electron chi connectivity index (χ2n) is 25.8. The highest BCUT2D eigenvalue weighted by molar-refractivity contribution is 6.07. The number of carbonyl (C=O) groups excluding carboxylic acids is 8. The molecule has 2 aromatic rings. The highest BCUT2D eigenvalue weighted by Crippen LogP contribution is 2.31. The molecule has 8 aliphatic rings. The molecule has 84 heavy (non-hydrogen) atoms. The van der Waals surface area contributed by atoms with Gasteiger partial charge in [0, 0.05) is 48.3 Å². The first-order valence-electron chi connectivity index (χ1n) is 33.5. The molecule has 18 heteroatoms. The number of nitrogens with zero attached hydrogens (tertiary/aromatic N) is 6. The van der Waals surface area contributed by atoms with Gasteiger partial charge in [0.05, 0.1) is 0 Å². The molecule has 0 unspecified atom stereocenters. The molecule has 2 aromatic heterocycles. The van der Waals surface area contributed by atoms with Gasteiger partial charge < -0.3 is 21.3 Å². The summed E-state index contributed by atoms with van der Waals surface area (Å²) >= 11 is 0. The molecule has 0 spiro atoms. The van der Waals surface area contributed by atoms with E-state index in [9.17, 15) is 38.4 Å². The molecular formula is C66H98N10O8.